The molecular weight excluding hydrogens is 292 g/mol. The predicted octanol–water partition coefficient (Wildman–Crippen LogP) is 3.14. The van der Waals surface area contributed by atoms with Crippen molar-refractivity contribution < 1.29 is 9.37 Å². The molecule has 114 valence electrons. The summed E-state index contributed by atoms with van der Waals surface area (Å²) in [6, 6.07) is 12.0. The monoisotopic (exact) mass is 306 g/mol. The van der Waals surface area contributed by atoms with Crippen molar-refractivity contribution in [3.05, 3.63) is 60.7 Å². The first kappa shape index (κ1) is 13.5. The van der Waals surface area contributed by atoms with Gasteiger partial charge in [0.25, 0.3) is 0 Å². The Balaban J connectivity index is 1.78. The summed E-state index contributed by atoms with van der Waals surface area (Å²) in [5, 5.41) is 7.74. The van der Waals surface area contributed by atoms with Crippen molar-refractivity contribution in [3.8, 4) is 16.9 Å². The van der Waals surface area contributed by atoms with Crippen LogP contribution in [0.4, 0.5) is 0 Å². The van der Waals surface area contributed by atoms with Gasteiger partial charge < -0.3 is 9.30 Å². The van der Waals surface area contributed by atoms with E-state index in [1.54, 1.807) is 19.6 Å². The average Bonchev–Trinajstić information content (AvgIpc) is 3.25. The van der Waals surface area contributed by atoms with Crippen LogP contribution in [-0.4, -0.2) is 27.0 Å². The summed E-state index contributed by atoms with van der Waals surface area (Å²) in [6.45, 7) is 0.755. The van der Waals surface area contributed by atoms with E-state index in [1.165, 1.54) is 0 Å². The number of nitrogens with zero attached hydrogens (tertiary/aromatic N) is 4. The summed E-state index contributed by atoms with van der Waals surface area (Å²) in [5.74, 6) is 0.815. The fraction of sp³-hybridized carbons (Fsp3) is 0.118. The SMILES string of the molecule is COc1ccc(Cn2ccnc2)cc1-c1ccc2nonc2c1. The lowest BCUT2D eigenvalue weighted by Crippen LogP contribution is -1.98. The van der Waals surface area contributed by atoms with Crippen LogP contribution < -0.4 is 4.74 Å². The third-order valence-electron chi connectivity index (χ3n) is 3.75. The van der Waals surface area contributed by atoms with Gasteiger partial charge in [-0.1, -0.05) is 12.1 Å². The quantitative estimate of drug-likeness (QED) is 0.579. The molecule has 0 unspecified atom stereocenters. The molecule has 4 rings (SSSR count). The minimum Gasteiger partial charge on any atom is -0.496 e. The molecule has 0 N–H and O–H groups in total. The second kappa shape index (κ2) is 5.57. The van der Waals surface area contributed by atoms with Crippen molar-refractivity contribution in [2.24, 2.45) is 0 Å². The van der Waals surface area contributed by atoms with E-state index in [-0.39, 0.29) is 0 Å². The molecule has 23 heavy (non-hydrogen) atoms. The lowest BCUT2D eigenvalue weighted by Gasteiger charge is -2.11. The van der Waals surface area contributed by atoms with Crippen LogP contribution in [0.2, 0.25) is 0 Å². The third kappa shape index (κ3) is 2.55. The van der Waals surface area contributed by atoms with Crippen LogP contribution in [0.15, 0.2) is 59.7 Å². The lowest BCUT2D eigenvalue weighted by atomic mass is 10.0. The summed E-state index contributed by atoms with van der Waals surface area (Å²) in [7, 11) is 1.67. The molecule has 0 spiro atoms. The molecule has 6 heteroatoms. The van der Waals surface area contributed by atoms with Gasteiger partial charge in [0.2, 0.25) is 0 Å². The van der Waals surface area contributed by atoms with Crippen molar-refractivity contribution in [2.75, 3.05) is 7.11 Å². The Morgan fingerprint density at radius 2 is 2.00 bits per heavy atom. The van der Waals surface area contributed by atoms with Gasteiger partial charge in [-0.2, -0.15) is 0 Å². The Kier molecular flexibility index (Phi) is 3.27. The summed E-state index contributed by atoms with van der Waals surface area (Å²) >= 11 is 0. The maximum absolute atomic E-state index is 5.50. The van der Waals surface area contributed by atoms with Gasteiger partial charge >= 0.3 is 0 Å². The minimum atomic E-state index is 0.726. The normalized spacial score (nSPS) is 11.0. The van der Waals surface area contributed by atoms with Crippen LogP contribution in [0.25, 0.3) is 22.2 Å². The predicted molar refractivity (Wildman–Crippen MR) is 85.1 cm³/mol. The highest BCUT2D eigenvalue weighted by atomic mass is 16.6. The molecule has 0 fully saturated rings. The summed E-state index contributed by atoms with van der Waals surface area (Å²) in [6.07, 6.45) is 5.52. The molecule has 2 heterocycles. The Labute approximate surface area is 132 Å². The molecule has 0 saturated heterocycles. The fourth-order valence-electron chi connectivity index (χ4n) is 2.62. The van der Waals surface area contributed by atoms with Crippen LogP contribution in [-0.2, 0) is 6.54 Å². The van der Waals surface area contributed by atoms with Crippen LogP contribution in [0.3, 0.4) is 0 Å². The molecule has 0 aliphatic carbocycles. The zero-order valence-electron chi connectivity index (χ0n) is 12.5. The Bertz CT molecular complexity index is 944. The van der Waals surface area contributed by atoms with Crippen molar-refractivity contribution in [1.82, 2.24) is 19.9 Å². The van der Waals surface area contributed by atoms with Gasteiger partial charge in [-0.15, -0.1) is 0 Å². The van der Waals surface area contributed by atoms with Crippen LogP contribution in [0.5, 0.6) is 5.75 Å². The van der Waals surface area contributed by atoms with Crippen molar-refractivity contribution in [2.45, 2.75) is 6.54 Å². The summed E-state index contributed by atoms with van der Waals surface area (Å²) < 4.78 is 12.3. The standard InChI is InChI=1S/C17H14N4O2/c1-22-17-5-2-12(10-21-7-6-18-11-21)8-14(17)13-3-4-15-16(9-13)20-23-19-15/h2-9,11H,10H2,1H3. The number of fused-ring (bicyclic) bond motifs is 1. The topological polar surface area (TPSA) is 66.0 Å². The van der Waals surface area contributed by atoms with Gasteiger partial charge in [0, 0.05) is 24.5 Å². The van der Waals surface area contributed by atoms with E-state index in [0.717, 1.165) is 40.0 Å². The van der Waals surface area contributed by atoms with Gasteiger partial charge in [0.05, 0.1) is 13.4 Å². The molecule has 0 aliphatic rings. The Hall–Kier alpha value is -3.15. The largest absolute Gasteiger partial charge is 0.496 e. The fourth-order valence-corrected chi connectivity index (χ4v) is 2.62. The highest BCUT2D eigenvalue weighted by Gasteiger charge is 2.10. The summed E-state index contributed by atoms with van der Waals surface area (Å²) in [4.78, 5) is 4.07. The number of imidazole rings is 1. The minimum absolute atomic E-state index is 0.726. The maximum Gasteiger partial charge on any atom is 0.135 e. The van der Waals surface area contributed by atoms with Crippen molar-refractivity contribution in [1.29, 1.82) is 0 Å². The van der Waals surface area contributed by atoms with Crippen LogP contribution >= 0.6 is 0 Å². The number of methoxy groups -OCH3 is 1. The zero-order valence-corrected chi connectivity index (χ0v) is 12.5. The molecule has 0 amide bonds. The highest BCUT2D eigenvalue weighted by molar-refractivity contribution is 5.82. The summed E-state index contributed by atoms with van der Waals surface area (Å²) in [5.41, 5.74) is 4.65. The first-order chi connectivity index (χ1) is 11.3. The van der Waals surface area contributed by atoms with E-state index in [0.29, 0.717) is 0 Å². The molecule has 0 aliphatic heterocycles. The number of rotatable bonds is 4. The van der Waals surface area contributed by atoms with Crippen LogP contribution in [0, 0.1) is 0 Å². The maximum atomic E-state index is 5.50. The first-order valence-corrected chi connectivity index (χ1v) is 7.19. The van der Waals surface area contributed by atoms with E-state index >= 15 is 0 Å². The molecule has 2 aromatic carbocycles. The molecular formula is C17H14N4O2. The van der Waals surface area contributed by atoms with E-state index in [4.69, 9.17) is 9.37 Å². The van der Waals surface area contributed by atoms with E-state index in [2.05, 4.69) is 27.4 Å². The first-order valence-electron chi connectivity index (χ1n) is 7.19. The number of hydrogen-bond acceptors (Lipinski definition) is 5. The zero-order chi connectivity index (χ0) is 15.6. The Morgan fingerprint density at radius 1 is 1.09 bits per heavy atom. The van der Waals surface area contributed by atoms with Crippen molar-refractivity contribution >= 4 is 11.0 Å². The van der Waals surface area contributed by atoms with Gasteiger partial charge in [-0.25, -0.2) is 9.61 Å². The van der Waals surface area contributed by atoms with Gasteiger partial charge in [-0.3, -0.25) is 0 Å². The number of benzene rings is 2. The molecule has 2 aromatic heterocycles. The number of ether oxygens (including phenoxy) is 1. The van der Waals surface area contributed by atoms with E-state index < -0.39 is 0 Å². The third-order valence-corrected chi connectivity index (χ3v) is 3.75. The number of hydrogen-bond donors (Lipinski definition) is 0. The van der Waals surface area contributed by atoms with Crippen molar-refractivity contribution in [3.63, 3.8) is 0 Å². The smallest absolute Gasteiger partial charge is 0.135 e. The number of aromatic nitrogens is 4. The second-order valence-corrected chi connectivity index (χ2v) is 5.24. The Morgan fingerprint density at radius 3 is 2.83 bits per heavy atom. The molecule has 0 radical (unpaired) electrons. The molecule has 4 aromatic rings. The average molecular weight is 306 g/mol. The van der Waals surface area contributed by atoms with E-state index in [1.807, 2.05) is 35.0 Å². The van der Waals surface area contributed by atoms with Gasteiger partial charge in [0.1, 0.15) is 16.8 Å². The molecule has 6 nitrogen and oxygen atoms in total. The second-order valence-electron chi connectivity index (χ2n) is 5.24. The van der Waals surface area contributed by atoms with E-state index in [9.17, 15) is 0 Å². The van der Waals surface area contributed by atoms with Gasteiger partial charge in [0.15, 0.2) is 0 Å². The van der Waals surface area contributed by atoms with Crippen LogP contribution in [0.1, 0.15) is 5.56 Å². The molecule has 0 bridgehead atoms. The molecule has 0 atom stereocenters. The lowest BCUT2D eigenvalue weighted by molar-refractivity contribution is 0.315. The van der Waals surface area contributed by atoms with Gasteiger partial charge in [-0.05, 0) is 45.7 Å². The highest BCUT2D eigenvalue weighted by Crippen LogP contribution is 2.32. The molecule has 0 saturated carbocycles.